The van der Waals surface area contributed by atoms with Crippen molar-refractivity contribution in [2.75, 3.05) is 0 Å². The average Bonchev–Trinajstić information content (AvgIpc) is 2.94. The van der Waals surface area contributed by atoms with E-state index in [-0.39, 0.29) is 17.9 Å². The summed E-state index contributed by atoms with van der Waals surface area (Å²) in [5.74, 6) is 0.419. The Labute approximate surface area is 128 Å². The third-order valence-corrected chi connectivity index (χ3v) is 3.12. The Morgan fingerprint density at radius 2 is 1.77 bits per heavy atom. The topological polar surface area (TPSA) is 98.2 Å². The van der Waals surface area contributed by atoms with E-state index >= 15 is 0 Å². The monoisotopic (exact) mass is 301 g/mol. The number of hydrogen-bond donors (Lipinski definition) is 2. The number of carbonyl (C=O) groups excluding carboxylic acids is 2. The normalized spacial score (nSPS) is 11.2. The molecule has 0 atom stereocenters. The highest BCUT2D eigenvalue weighted by Gasteiger charge is 2.19. The molecule has 0 aliphatic carbocycles. The lowest BCUT2D eigenvalue weighted by Crippen LogP contribution is -2.23. The molecule has 2 amide bonds. The number of nitrogens with one attached hydrogen (secondary N) is 1. The van der Waals surface area contributed by atoms with E-state index in [2.05, 4.69) is 10.3 Å². The summed E-state index contributed by atoms with van der Waals surface area (Å²) in [6.45, 7) is 6.27. The van der Waals surface area contributed by atoms with Crippen LogP contribution in [0.4, 0.5) is 0 Å². The molecule has 2 aromatic rings. The number of rotatable bonds is 4. The Hall–Kier alpha value is -2.63. The van der Waals surface area contributed by atoms with Gasteiger partial charge in [0.05, 0.1) is 12.7 Å². The number of hydrogen-bond acceptors (Lipinski definition) is 4. The third-order valence-electron chi connectivity index (χ3n) is 3.12. The molecule has 22 heavy (non-hydrogen) atoms. The van der Waals surface area contributed by atoms with Crippen LogP contribution >= 0.6 is 0 Å². The molecule has 1 heterocycles. The predicted octanol–water partition coefficient (Wildman–Crippen LogP) is 2.00. The van der Waals surface area contributed by atoms with Crippen molar-refractivity contribution >= 4 is 11.8 Å². The Morgan fingerprint density at radius 3 is 2.27 bits per heavy atom. The van der Waals surface area contributed by atoms with Gasteiger partial charge in [-0.3, -0.25) is 9.59 Å². The van der Waals surface area contributed by atoms with Gasteiger partial charge >= 0.3 is 0 Å². The molecule has 3 N–H and O–H groups in total. The second-order valence-corrected chi connectivity index (χ2v) is 5.99. The van der Waals surface area contributed by atoms with Crippen LogP contribution in [0.1, 0.15) is 53.1 Å². The zero-order valence-electron chi connectivity index (χ0n) is 12.8. The Kier molecular flexibility index (Phi) is 4.30. The fourth-order valence-electron chi connectivity index (χ4n) is 1.78. The van der Waals surface area contributed by atoms with Crippen LogP contribution in [0.5, 0.6) is 0 Å². The second-order valence-electron chi connectivity index (χ2n) is 5.99. The van der Waals surface area contributed by atoms with Crippen LogP contribution in [0.3, 0.4) is 0 Å². The minimum Gasteiger partial charge on any atom is -0.443 e. The molecule has 0 radical (unpaired) electrons. The van der Waals surface area contributed by atoms with Crippen molar-refractivity contribution in [1.29, 1.82) is 0 Å². The van der Waals surface area contributed by atoms with E-state index < -0.39 is 5.91 Å². The summed E-state index contributed by atoms with van der Waals surface area (Å²) < 4.78 is 5.60. The molecule has 1 aromatic carbocycles. The summed E-state index contributed by atoms with van der Waals surface area (Å²) in [6, 6.07) is 6.12. The molecule has 6 nitrogen and oxygen atoms in total. The number of amides is 2. The van der Waals surface area contributed by atoms with Gasteiger partial charge in [-0.1, -0.05) is 20.8 Å². The van der Waals surface area contributed by atoms with E-state index in [1.54, 1.807) is 18.3 Å². The van der Waals surface area contributed by atoms with Crippen LogP contribution in [-0.4, -0.2) is 16.8 Å². The van der Waals surface area contributed by atoms with Crippen LogP contribution in [-0.2, 0) is 12.0 Å². The number of aromatic nitrogens is 1. The van der Waals surface area contributed by atoms with Crippen molar-refractivity contribution in [2.24, 2.45) is 5.73 Å². The molecule has 0 fully saturated rings. The quantitative estimate of drug-likeness (QED) is 0.902. The van der Waals surface area contributed by atoms with Gasteiger partial charge in [0.1, 0.15) is 5.76 Å². The predicted molar refractivity (Wildman–Crippen MR) is 81.3 cm³/mol. The first-order valence-corrected chi connectivity index (χ1v) is 6.90. The summed E-state index contributed by atoms with van der Waals surface area (Å²) in [4.78, 5) is 27.1. The number of carbonyl (C=O) groups is 2. The summed E-state index contributed by atoms with van der Waals surface area (Å²) in [5.41, 5.74) is 5.82. The van der Waals surface area contributed by atoms with Gasteiger partial charge < -0.3 is 15.5 Å². The lowest BCUT2D eigenvalue weighted by Gasteiger charge is -2.13. The van der Waals surface area contributed by atoms with Gasteiger partial charge in [-0.25, -0.2) is 4.98 Å². The molecule has 1 aromatic heterocycles. The molecule has 0 bridgehead atoms. The number of primary amides is 1. The van der Waals surface area contributed by atoms with E-state index in [1.165, 1.54) is 12.1 Å². The standard InChI is InChI=1S/C16H19N3O3/c1-16(2,3)12-8-18-13(22-12)9-19-15(21)11-6-4-10(5-7-11)14(17)20/h4-8H,9H2,1-3H3,(H2,17,20)(H,19,21). The SMILES string of the molecule is CC(C)(C)c1cnc(CNC(=O)c2ccc(C(N)=O)cc2)o1. The molecule has 0 unspecified atom stereocenters. The fraction of sp³-hybridized carbons (Fsp3) is 0.312. The molecule has 0 aliphatic rings. The Balaban J connectivity index is 1.98. The lowest BCUT2D eigenvalue weighted by molar-refractivity contribution is 0.0944. The maximum absolute atomic E-state index is 12.0. The Bertz CT molecular complexity index is 681. The van der Waals surface area contributed by atoms with Crippen LogP contribution in [0.2, 0.25) is 0 Å². The van der Waals surface area contributed by atoms with Crippen LogP contribution in [0.15, 0.2) is 34.9 Å². The summed E-state index contributed by atoms with van der Waals surface area (Å²) in [5, 5.41) is 2.72. The summed E-state index contributed by atoms with van der Waals surface area (Å²) in [7, 11) is 0. The Morgan fingerprint density at radius 1 is 1.18 bits per heavy atom. The highest BCUT2D eigenvalue weighted by Crippen LogP contribution is 2.22. The molecule has 0 spiro atoms. The van der Waals surface area contributed by atoms with Gasteiger partial charge in [-0.15, -0.1) is 0 Å². The number of benzene rings is 1. The lowest BCUT2D eigenvalue weighted by atomic mass is 9.94. The number of oxazole rings is 1. The first-order chi connectivity index (χ1) is 10.3. The maximum Gasteiger partial charge on any atom is 0.251 e. The number of nitrogens with two attached hydrogens (primary N) is 1. The fourth-order valence-corrected chi connectivity index (χ4v) is 1.78. The highest BCUT2D eigenvalue weighted by molar-refractivity contribution is 5.97. The van der Waals surface area contributed by atoms with Crippen LogP contribution in [0, 0.1) is 0 Å². The zero-order chi connectivity index (χ0) is 16.3. The first kappa shape index (κ1) is 15.8. The van der Waals surface area contributed by atoms with E-state index in [4.69, 9.17) is 10.2 Å². The van der Waals surface area contributed by atoms with Crippen molar-refractivity contribution in [3.63, 3.8) is 0 Å². The van der Waals surface area contributed by atoms with Gasteiger partial charge in [0, 0.05) is 16.5 Å². The minimum atomic E-state index is -0.526. The van der Waals surface area contributed by atoms with Gasteiger partial charge in [0.2, 0.25) is 11.8 Å². The van der Waals surface area contributed by atoms with Crippen LogP contribution in [0.25, 0.3) is 0 Å². The minimum absolute atomic E-state index is 0.125. The smallest absolute Gasteiger partial charge is 0.251 e. The van der Waals surface area contributed by atoms with Crippen molar-refractivity contribution in [3.8, 4) is 0 Å². The number of nitrogens with zero attached hydrogens (tertiary/aromatic N) is 1. The highest BCUT2D eigenvalue weighted by atomic mass is 16.4. The molecule has 0 saturated heterocycles. The molecule has 0 saturated carbocycles. The zero-order valence-corrected chi connectivity index (χ0v) is 12.8. The van der Waals surface area contributed by atoms with Crippen molar-refractivity contribution in [3.05, 3.63) is 53.2 Å². The first-order valence-electron chi connectivity index (χ1n) is 6.90. The van der Waals surface area contributed by atoms with Crippen LogP contribution < -0.4 is 11.1 Å². The van der Waals surface area contributed by atoms with Crippen molar-refractivity contribution in [2.45, 2.75) is 32.7 Å². The molecule has 6 heteroatoms. The van der Waals surface area contributed by atoms with Gasteiger partial charge in [0.25, 0.3) is 5.91 Å². The van der Waals surface area contributed by atoms with E-state index in [0.717, 1.165) is 5.76 Å². The molecular formula is C16H19N3O3. The van der Waals surface area contributed by atoms with Crippen molar-refractivity contribution in [1.82, 2.24) is 10.3 Å². The van der Waals surface area contributed by atoms with E-state index in [9.17, 15) is 9.59 Å². The molecule has 0 aliphatic heterocycles. The van der Waals surface area contributed by atoms with Gasteiger partial charge in [-0.05, 0) is 24.3 Å². The molecule has 116 valence electrons. The third kappa shape index (κ3) is 3.72. The second kappa shape index (κ2) is 6.01. The van der Waals surface area contributed by atoms with E-state index in [1.807, 2.05) is 20.8 Å². The van der Waals surface area contributed by atoms with E-state index in [0.29, 0.717) is 17.0 Å². The van der Waals surface area contributed by atoms with Crippen molar-refractivity contribution < 1.29 is 14.0 Å². The average molecular weight is 301 g/mol. The maximum atomic E-state index is 12.0. The summed E-state index contributed by atoms with van der Waals surface area (Å²) in [6.07, 6.45) is 1.67. The molecule has 2 rings (SSSR count). The molecular weight excluding hydrogens is 282 g/mol. The largest absolute Gasteiger partial charge is 0.443 e. The summed E-state index contributed by atoms with van der Waals surface area (Å²) >= 11 is 0. The van der Waals surface area contributed by atoms with Gasteiger partial charge in [0.15, 0.2) is 0 Å². The van der Waals surface area contributed by atoms with Gasteiger partial charge in [-0.2, -0.15) is 0 Å².